The molecule has 3 aromatic rings. The molecule has 0 bridgehead atoms. The van der Waals surface area contributed by atoms with Gasteiger partial charge < -0.3 is 9.80 Å². The lowest BCUT2D eigenvalue weighted by Crippen LogP contribution is -2.07. The minimum absolute atomic E-state index is 0.946. The summed E-state index contributed by atoms with van der Waals surface area (Å²) in [6.07, 6.45) is 0. The number of benzene rings is 2. The van der Waals surface area contributed by atoms with E-state index in [4.69, 9.17) is 0 Å². The number of nitrogens with zero attached hydrogens (tertiary/aromatic N) is 4. The normalized spacial score (nSPS) is 10.6. The largest absolute Gasteiger partial charge is 0.378 e. The van der Waals surface area contributed by atoms with Crippen molar-refractivity contribution < 1.29 is 0 Å². The maximum atomic E-state index is 4.34. The zero-order valence-corrected chi connectivity index (χ0v) is 14.6. The van der Waals surface area contributed by atoms with Crippen LogP contribution in [0, 0.1) is 0 Å². The molecule has 0 radical (unpaired) electrons. The zero-order valence-electron chi connectivity index (χ0n) is 13.8. The van der Waals surface area contributed by atoms with Gasteiger partial charge in [0, 0.05) is 50.7 Å². The minimum Gasteiger partial charge on any atom is -0.378 e. The molecule has 23 heavy (non-hydrogen) atoms. The molecule has 0 saturated heterocycles. The fourth-order valence-corrected chi connectivity index (χ4v) is 3.12. The van der Waals surface area contributed by atoms with Gasteiger partial charge >= 0.3 is 0 Å². The second kappa shape index (κ2) is 6.38. The fraction of sp³-hybridized carbons (Fsp3) is 0.222. The van der Waals surface area contributed by atoms with E-state index in [-0.39, 0.29) is 0 Å². The van der Waals surface area contributed by atoms with Crippen LogP contribution in [0.5, 0.6) is 0 Å². The third-order valence-corrected chi connectivity index (χ3v) is 4.71. The Morgan fingerprint density at radius 3 is 1.26 bits per heavy atom. The van der Waals surface area contributed by atoms with Crippen LogP contribution >= 0.6 is 11.3 Å². The minimum atomic E-state index is 0.946. The molecule has 0 amide bonds. The number of anilines is 2. The Bertz CT molecular complexity index is 708. The van der Waals surface area contributed by atoms with Gasteiger partial charge in [-0.3, -0.25) is 0 Å². The van der Waals surface area contributed by atoms with E-state index in [9.17, 15) is 0 Å². The monoisotopic (exact) mass is 324 g/mol. The van der Waals surface area contributed by atoms with Gasteiger partial charge in [0.15, 0.2) is 0 Å². The van der Waals surface area contributed by atoms with Crippen molar-refractivity contribution in [2.45, 2.75) is 0 Å². The summed E-state index contributed by atoms with van der Waals surface area (Å²) in [5, 5.41) is 10.6. The Kier molecular flexibility index (Phi) is 4.30. The lowest BCUT2D eigenvalue weighted by atomic mass is 10.2. The first-order valence-corrected chi connectivity index (χ1v) is 8.25. The van der Waals surface area contributed by atoms with E-state index in [2.05, 4.69) is 68.5 Å². The van der Waals surface area contributed by atoms with Crippen molar-refractivity contribution in [3.8, 4) is 21.1 Å². The van der Waals surface area contributed by atoms with E-state index in [0.717, 1.165) is 21.1 Å². The average Bonchev–Trinajstić information content (AvgIpc) is 3.05. The van der Waals surface area contributed by atoms with Crippen LogP contribution in [0.4, 0.5) is 11.4 Å². The van der Waals surface area contributed by atoms with Gasteiger partial charge in [-0.25, -0.2) is 0 Å². The molecule has 5 heteroatoms. The average molecular weight is 324 g/mol. The molecule has 0 saturated carbocycles. The van der Waals surface area contributed by atoms with Gasteiger partial charge in [-0.2, -0.15) is 0 Å². The number of rotatable bonds is 4. The molecule has 0 unspecified atom stereocenters. The van der Waals surface area contributed by atoms with E-state index >= 15 is 0 Å². The second-order valence-corrected chi connectivity index (χ2v) is 6.77. The quantitative estimate of drug-likeness (QED) is 0.726. The van der Waals surface area contributed by atoms with Crippen molar-refractivity contribution in [2.75, 3.05) is 38.0 Å². The van der Waals surface area contributed by atoms with Crippen molar-refractivity contribution in [1.82, 2.24) is 10.2 Å². The van der Waals surface area contributed by atoms with Crippen LogP contribution in [0.1, 0.15) is 0 Å². The van der Waals surface area contributed by atoms with Crippen molar-refractivity contribution in [3.63, 3.8) is 0 Å². The Morgan fingerprint density at radius 1 is 0.609 bits per heavy atom. The lowest BCUT2D eigenvalue weighted by molar-refractivity contribution is 1.10. The van der Waals surface area contributed by atoms with Crippen LogP contribution in [0.15, 0.2) is 48.5 Å². The van der Waals surface area contributed by atoms with Crippen LogP contribution in [0.2, 0.25) is 0 Å². The highest BCUT2D eigenvalue weighted by Gasteiger charge is 2.09. The molecule has 0 aliphatic rings. The van der Waals surface area contributed by atoms with Gasteiger partial charge in [0.1, 0.15) is 10.0 Å². The molecular weight excluding hydrogens is 304 g/mol. The standard InChI is InChI=1S/C18H20N4S/c1-21(2)15-9-5-13(6-10-15)17-19-20-18(23-17)14-7-11-16(12-8-14)22(3)4/h5-12H,1-4H3. The van der Waals surface area contributed by atoms with E-state index in [0.29, 0.717) is 0 Å². The summed E-state index contributed by atoms with van der Waals surface area (Å²) < 4.78 is 0. The highest BCUT2D eigenvalue weighted by Crippen LogP contribution is 2.31. The second-order valence-electron chi connectivity index (χ2n) is 5.79. The highest BCUT2D eigenvalue weighted by atomic mass is 32.1. The molecule has 0 N–H and O–H groups in total. The summed E-state index contributed by atoms with van der Waals surface area (Å²) in [5.74, 6) is 0. The highest BCUT2D eigenvalue weighted by molar-refractivity contribution is 7.17. The summed E-state index contributed by atoms with van der Waals surface area (Å²) in [6.45, 7) is 0. The van der Waals surface area contributed by atoms with Gasteiger partial charge in [0.2, 0.25) is 0 Å². The molecule has 0 aliphatic heterocycles. The van der Waals surface area contributed by atoms with Crippen molar-refractivity contribution in [3.05, 3.63) is 48.5 Å². The summed E-state index contributed by atoms with van der Waals surface area (Å²) in [6, 6.07) is 16.8. The van der Waals surface area contributed by atoms with Crippen LogP contribution in [-0.2, 0) is 0 Å². The number of hydrogen-bond donors (Lipinski definition) is 0. The maximum absolute atomic E-state index is 4.34. The molecule has 0 spiro atoms. The number of aromatic nitrogens is 2. The first kappa shape index (κ1) is 15.5. The van der Waals surface area contributed by atoms with Gasteiger partial charge in [-0.1, -0.05) is 11.3 Å². The SMILES string of the molecule is CN(C)c1ccc(-c2nnc(-c3ccc(N(C)C)cc3)s2)cc1. The molecule has 0 aliphatic carbocycles. The molecule has 1 heterocycles. The Balaban J connectivity index is 1.85. The van der Waals surface area contributed by atoms with Gasteiger partial charge in [0.05, 0.1) is 0 Å². The van der Waals surface area contributed by atoms with Crippen molar-refractivity contribution in [1.29, 1.82) is 0 Å². The van der Waals surface area contributed by atoms with Crippen molar-refractivity contribution in [2.24, 2.45) is 0 Å². The van der Waals surface area contributed by atoms with Crippen LogP contribution < -0.4 is 9.80 Å². The third-order valence-electron chi connectivity index (χ3n) is 3.69. The molecule has 2 aromatic carbocycles. The maximum Gasteiger partial charge on any atom is 0.148 e. The molecule has 1 aromatic heterocycles. The molecule has 0 fully saturated rings. The van der Waals surface area contributed by atoms with Gasteiger partial charge in [0.25, 0.3) is 0 Å². The predicted molar refractivity (Wildman–Crippen MR) is 99.4 cm³/mol. The van der Waals surface area contributed by atoms with Crippen molar-refractivity contribution >= 4 is 22.7 Å². The first-order valence-electron chi connectivity index (χ1n) is 7.43. The van der Waals surface area contributed by atoms with E-state index in [1.807, 2.05) is 28.2 Å². The summed E-state index contributed by atoms with van der Waals surface area (Å²) in [7, 11) is 8.15. The summed E-state index contributed by atoms with van der Waals surface area (Å²) in [4.78, 5) is 4.17. The fourth-order valence-electron chi connectivity index (χ4n) is 2.26. The molecule has 3 rings (SSSR count). The van der Waals surface area contributed by atoms with Crippen LogP contribution in [-0.4, -0.2) is 38.4 Å². The van der Waals surface area contributed by atoms with Gasteiger partial charge in [-0.15, -0.1) is 10.2 Å². The third kappa shape index (κ3) is 3.35. The Labute approximate surface area is 141 Å². The van der Waals surface area contributed by atoms with Gasteiger partial charge in [-0.05, 0) is 48.5 Å². The Hall–Kier alpha value is -2.40. The van der Waals surface area contributed by atoms with E-state index in [1.165, 1.54) is 11.4 Å². The van der Waals surface area contributed by atoms with Crippen LogP contribution in [0.3, 0.4) is 0 Å². The molecule has 0 atom stereocenters. The van der Waals surface area contributed by atoms with E-state index < -0.39 is 0 Å². The topological polar surface area (TPSA) is 32.3 Å². The molecule has 4 nitrogen and oxygen atoms in total. The smallest absolute Gasteiger partial charge is 0.148 e. The molecular formula is C18H20N4S. The lowest BCUT2D eigenvalue weighted by Gasteiger charge is -2.12. The zero-order chi connectivity index (χ0) is 16.4. The number of hydrogen-bond acceptors (Lipinski definition) is 5. The summed E-state index contributed by atoms with van der Waals surface area (Å²) in [5.41, 5.74) is 4.56. The Morgan fingerprint density at radius 2 is 0.957 bits per heavy atom. The predicted octanol–water partition coefficient (Wildman–Crippen LogP) is 4.00. The van der Waals surface area contributed by atoms with Crippen LogP contribution in [0.25, 0.3) is 21.1 Å². The first-order chi connectivity index (χ1) is 11.0. The summed E-state index contributed by atoms with van der Waals surface area (Å²) >= 11 is 1.62. The van der Waals surface area contributed by atoms with E-state index in [1.54, 1.807) is 11.3 Å². The molecule has 118 valence electrons.